The zero-order chi connectivity index (χ0) is 16.7. The number of allylic oxidation sites excluding steroid dienone is 3. The van der Waals surface area contributed by atoms with Crippen molar-refractivity contribution in [2.75, 3.05) is 6.61 Å². The van der Waals surface area contributed by atoms with E-state index in [0.29, 0.717) is 17.8 Å². The van der Waals surface area contributed by atoms with E-state index in [1.807, 2.05) is 0 Å². The van der Waals surface area contributed by atoms with Gasteiger partial charge in [0, 0.05) is 12.5 Å². The molecule has 0 bridgehead atoms. The van der Waals surface area contributed by atoms with Crippen LogP contribution >= 0.6 is 0 Å². The summed E-state index contributed by atoms with van der Waals surface area (Å²) in [5, 5.41) is 10.9. The van der Waals surface area contributed by atoms with Crippen LogP contribution in [0.2, 0.25) is 18.1 Å². The molecule has 0 amide bonds. The maximum atomic E-state index is 10.6. The fourth-order valence-corrected chi connectivity index (χ4v) is 4.51. The number of aliphatic hydroxyl groups excluding tert-OH is 1. The van der Waals surface area contributed by atoms with Crippen LogP contribution < -0.4 is 0 Å². The summed E-state index contributed by atoms with van der Waals surface area (Å²) in [4.78, 5) is 0. The molecule has 0 aliphatic heterocycles. The molecule has 0 aromatic rings. The lowest BCUT2D eigenvalue weighted by Crippen LogP contribution is -2.46. The monoisotopic (exact) mass is 322 g/mol. The Bertz CT molecular complexity index is 459. The molecule has 0 saturated heterocycles. The quantitative estimate of drug-likeness (QED) is 0.758. The predicted molar refractivity (Wildman–Crippen MR) is 96.3 cm³/mol. The SMILES string of the molecule is C[C@@H]1C=C2C=C[C@H](C)[C@H](CO[Si](C)(C)C(C)(C)C)[C@H]2[C@@H](O)C1. The first kappa shape index (κ1) is 18.0. The third kappa shape index (κ3) is 3.57. The number of aliphatic hydroxyl groups is 1. The van der Waals surface area contributed by atoms with Crippen molar-refractivity contribution in [2.45, 2.75) is 65.3 Å². The van der Waals surface area contributed by atoms with E-state index < -0.39 is 8.32 Å². The molecule has 0 spiro atoms. The van der Waals surface area contributed by atoms with Gasteiger partial charge < -0.3 is 9.53 Å². The molecule has 22 heavy (non-hydrogen) atoms. The lowest BCUT2D eigenvalue weighted by atomic mass is 9.67. The van der Waals surface area contributed by atoms with E-state index in [1.54, 1.807) is 0 Å². The fourth-order valence-electron chi connectivity index (χ4n) is 3.47. The molecule has 1 N–H and O–H groups in total. The molecule has 126 valence electrons. The minimum atomic E-state index is -1.74. The Morgan fingerprint density at radius 1 is 1.27 bits per heavy atom. The molecule has 2 nitrogen and oxygen atoms in total. The van der Waals surface area contributed by atoms with Crippen LogP contribution in [0.3, 0.4) is 0 Å². The molecule has 5 atom stereocenters. The first-order valence-corrected chi connectivity index (χ1v) is 11.7. The third-order valence-electron chi connectivity index (χ3n) is 6.06. The van der Waals surface area contributed by atoms with Gasteiger partial charge in [-0.1, -0.05) is 52.8 Å². The number of hydrogen-bond donors (Lipinski definition) is 1. The van der Waals surface area contributed by atoms with Crippen LogP contribution in [0.5, 0.6) is 0 Å². The van der Waals surface area contributed by atoms with Gasteiger partial charge in [-0.2, -0.15) is 0 Å². The van der Waals surface area contributed by atoms with Gasteiger partial charge in [0.1, 0.15) is 0 Å². The Morgan fingerprint density at radius 3 is 2.50 bits per heavy atom. The molecule has 0 heterocycles. The van der Waals surface area contributed by atoms with E-state index in [4.69, 9.17) is 4.43 Å². The average Bonchev–Trinajstić information content (AvgIpc) is 2.36. The van der Waals surface area contributed by atoms with Crippen molar-refractivity contribution < 1.29 is 9.53 Å². The van der Waals surface area contributed by atoms with Crippen LogP contribution in [0.25, 0.3) is 0 Å². The summed E-state index contributed by atoms with van der Waals surface area (Å²) in [6.07, 6.45) is 7.53. The van der Waals surface area contributed by atoms with E-state index in [1.165, 1.54) is 5.57 Å². The van der Waals surface area contributed by atoms with Gasteiger partial charge in [-0.3, -0.25) is 0 Å². The highest BCUT2D eigenvalue weighted by atomic mass is 28.4. The van der Waals surface area contributed by atoms with E-state index in [-0.39, 0.29) is 17.1 Å². The van der Waals surface area contributed by atoms with Crippen molar-refractivity contribution in [1.29, 1.82) is 0 Å². The Kier molecular flexibility index (Phi) is 5.11. The summed E-state index contributed by atoms with van der Waals surface area (Å²) in [7, 11) is -1.74. The van der Waals surface area contributed by atoms with Gasteiger partial charge in [-0.15, -0.1) is 0 Å². The Balaban J connectivity index is 2.16. The lowest BCUT2D eigenvalue weighted by Gasteiger charge is -2.44. The summed E-state index contributed by atoms with van der Waals surface area (Å²) in [5.74, 6) is 1.59. The van der Waals surface area contributed by atoms with Crippen LogP contribution in [0.4, 0.5) is 0 Å². The number of rotatable bonds is 3. The lowest BCUT2D eigenvalue weighted by molar-refractivity contribution is 0.0358. The number of fused-ring (bicyclic) bond motifs is 1. The van der Waals surface area contributed by atoms with Crippen molar-refractivity contribution in [2.24, 2.45) is 23.7 Å². The largest absolute Gasteiger partial charge is 0.417 e. The Hall–Kier alpha value is -0.383. The van der Waals surface area contributed by atoms with Crippen LogP contribution in [0.1, 0.15) is 41.0 Å². The first-order valence-electron chi connectivity index (χ1n) is 8.75. The van der Waals surface area contributed by atoms with Crippen molar-refractivity contribution in [3.05, 3.63) is 23.8 Å². The normalized spacial score (nSPS) is 36.0. The molecule has 0 aromatic heterocycles. The fraction of sp³-hybridized carbons (Fsp3) is 0.789. The van der Waals surface area contributed by atoms with Gasteiger partial charge in [-0.25, -0.2) is 0 Å². The maximum Gasteiger partial charge on any atom is 0.191 e. The van der Waals surface area contributed by atoms with Crippen molar-refractivity contribution in [3.63, 3.8) is 0 Å². The standard InChI is InChI=1S/C19H34O2Si/c1-13-10-15-9-8-14(2)16(18(15)17(20)11-13)12-21-22(6,7)19(3,4)5/h8-10,13-14,16-18,20H,11-12H2,1-7H3/t13-,14+,16+,17+,18+/m1/s1. The predicted octanol–water partition coefficient (Wildman–Crippen LogP) is 4.77. The first-order chi connectivity index (χ1) is 10.0. The second kappa shape index (κ2) is 6.25. The molecule has 0 fully saturated rings. The maximum absolute atomic E-state index is 10.6. The molecule has 0 radical (unpaired) electrons. The van der Waals surface area contributed by atoms with Gasteiger partial charge in [0.15, 0.2) is 8.32 Å². The zero-order valence-electron chi connectivity index (χ0n) is 15.4. The molecular formula is C19H34O2Si. The second-order valence-electron chi connectivity index (χ2n) is 8.93. The second-order valence-corrected chi connectivity index (χ2v) is 13.7. The van der Waals surface area contributed by atoms with E-state index in [0.717, 1.165) is 13.0 Å². The Morgan fingerprint density at radius 2 is 1.91 bits per heavy atom. The molecule has 3 heteroatoms. The highest BCUT2D eigenvalue weighted by molar-refractivity contribution is 6.74. The third-order valence-corrected chi connectivity index (χ3v) is 10.6. The molecule has 0 unspecified atom stereocenters. The highest BCUT2D eigenvalue weighted by Gasteiger charge is 2.42. The van der Waals surface area contributed by atoms with Crippen molar-refractivity contribution >= 4 is 8.32 Å². The summed E-state index contributed by atoms with van der Waals surface area (Å²) in [6.45, 7) is 16.7. The molecule has 2 aliphatic rings. The molecule has 2 aliphatic carbocycles. The highest BCUT2D eigenvalue weighted by Crippen LogP contribution is 2.43. The van der Waals surface area contributed by atoms with Gasteiger partial charge >= 0.3 is 0 Å². The summed E-state index contributed by atoms with van der Waals surface area (Å²) < 4.78 is 6.49. The van der Waals surface area contributed by atoms with Crippen LogP contribution in [0.15, 0.2) is 23.8 Å². The van der Waals surface area contributed by atoms with Gasteiger partial charge in [0.25, 0.3) is 0 Å². The zero-order valence-corrected chi connectivity index (χ0v) is 16.4. The van der Waals surface area contributed by atoms with Crippen LogP contribution in [-0.4, -0.2) is 26.1 Å². The molecule has 0 saturated carbocycles. The minimum absolute atomic E-state index is 0.226. The minimum Gasteiger partial charge on any atom is -0.417 e. The summed E-state index contributed by atoms with van der Waals surface area (Å²) >= 11 is 0. The van der Waals surface area contributed by atoms with Crippen molar-refractivity contribution in [3.8, 4) is 0 Å². The van der Waals surface area contributed by atoms with E-state index >= 15 is 0 Å². The van der Waals surface area contributed by atoms with E-state index in [9.17, 15) is 5.11 Å². The van der Waals surface area contributed by atoms with Gasteiger partial charge in [0.05, 0.1) is 6.10 Å². The average molecular weight is 323 g/mol. The van der Waals surface area contributed by atoms with Gasteiger partial charge in [0.2, 0.25) is 0 Å². The van der Waals surface area contributed by atoms with Crippen molar-refractivity contribution in [1.82, 2.24) is 0 Å². The van der Waals surface area contributed by atoms with Crippen LogP contribution in [-0.2, 0) is 4.43 Å². The summed E-state index contributed by atoms with van der Waals surface area (Å²) in [6, 6.07) is 0. The van der Waals surface area contributed by atoms with Gasteiger partial charge in [-0.05, 0) is 47.9 Å². The Labute approximate surface area is 137 Å². The molecule has 0 aromatic carbocycles. The van der Waals surface area contributed by atoms with Crippen LogP contribution in [0, 0.1) is 23.7 Å². The smallest absolute Gasteiger partial charge is 0.191 e. The summed E-state index contributed by atoms with van der Waals surface area (Å²) in [5.41, 5.74) is 1.33. The number of hydrogen-bond acceptors (Lipinski definition) is 2. The molecular weight excluding hydrogens is 288 g/mol. The van der Waals surface area contributed by atoms with E-state index in [2.05, 4.69) is 65.9 Å². The topological polar surface area (TPSA) is 29.5 Å². The molecule has 2 rings (SSSR count).